The quantitative estimate of drug-likeness (QED) is 0.615. The zero-order valence-corrected chi connectivity index (χ0v) is 17.6. The van der Waals surface area contributed by atoms with Crippen LogP contribution in [-0.2, 0) is 15.6 Å². The first-order valence-electron chi connectivity index (χ1n) is 10.1. The van der Waals surface area contributed by atoms with E-state index in [0.29, 0.717) is 24.3 Å². The molecule has 1 fully saturated rings. The van der Waals surface area contributed by atoms with Crippen LogP contribution in [0, 0.1) is 17.8 Å². The van der Waals surface area contributed by atoms with Crippen molar-refractivity contribution in [1.82, 2.24) is 5.09 Å². The molecule has 0 heterocycles. The molecule has 0 bridgehead atoms. The molecule has 1 aliphatic carbocycles. The van der Waals surface area contributed by atoms with E-state index in [4.69, 9.17) is 4.52 Å². The van der Waals surface area contributed by atoms with Gasteiger partial charge in [0, 0.05) is 6.54 Å². The van der Waals surface area contributed by atoms with Crippen LogP contribution in [0.5, 0.6) is 0 Å². The Morgan fingerprint density at radius 3 is 2.30 bits per heavy atom. The van der Waals surface area contributed by atoms with Gasteiger partial charge in [0.05, 0.1) is 11.4 Å². The van der Waals surface area contributed by atoms with Gasteiger partial charge < -0.3 is 4.52 Å². The number of hydrogen-bond donors (Lipinski definition) is 1. The minimum absolute atomic E-state index is 0.0306. The van der Waals surface area contributed by atoms with Crippen LogP contribution in [0.25, 0.3) is 0 Å². The third-order valence-electron chi connectivity index (χ3n) is 5.68. The SMILES string of the molecule is CC(C)[C@H]1CC[C@@H](C)C[C@@H]1O[P@](=O)(NCc1ccccc1)c1ccccc1. The molecule has 1 saturated carbocycles. The van der Waals surface area contributed by atoms with Crippen LogP contribution < -0.4 is 10.4 Å². The number of hydrogen-bond acceptors (Lipinski definition) is 2. The minimum atomic E-state index is -3.16. The highest BCUT2D eigenvalue weighted by atomic mass is 31.2. The Morgan fingerprint density at radius 2 is 1.67 bits per heavy atom. The standard InChI is InChI=1S/C23H32NO2P/c1-18(2)22-15-14-19(3)16-23(22)26-27(25,21-12-8-5-9-13-21)24-17-20-10-6-4-7-11-20/h4-13,18-19,22-23H,14-17H2,1-3H3,(H,24,25)/t19-,22-,23+,27+/m1/s1. The van der Waals surface area contributed by atoms with Gasteiger partial charge in [0.1, 0.15) is 0 Å². The van der Waals surface area contributed by atoms with E-state index in [9.17, 15) is 4.57 Å². The normalized spacial score (nSPS) is 25.3. The summed E-state index contributed by atoms with van der Waals surface area (Å²) in [4.78, 5) is 0. The van der Waals surface area contributed by atoms with Crippen molar-refractivity contribution >= 4 is 12.8 Å². The van der Waals surface area contributed by atoms with Crippen molar-refractivity contribution in [3.05, 3.63) is 66.2 Å². The van der Waals surface area contributed by atoms with Gasteiger partial charge in [0.15, 0.2) is 0 Å². The zero-order valence-electron chi connectivity index (χ0n) is 16.7. The molecule has 0 aliphatic heterocycles. The molecule has 3 rings (SSSR count). The molecule has 0 unspecified atom stereocenters. The number of rotatable bonds is 7. The molecule has 0 saturated heterocycles. The third-order valence-corrected chi connectivity index (χ3v) is 7.80. The van der Waals surface area contributed by atoms with E-state index in [0.717, 1.165) is 23.7 Å². The van der Waals surface area contributed by atoms with E-state index < -0.39 is 7.52 Å². The second-order valence-corrected chi connectivity index (χ2v) is 10.3. The van der Waals surface area contributed by atoms with Gasteiger partial charge in [-0.15, -0.1) is 0 Å². The van der Waals surface area contributed by atoms with E-state index in [1.54, 1.807) is 0 Å². The highest BCUT2D eigenvalue weighted by Crippen LogP contribution is 2.48. The average molecular weight is 385 g/mol. The average Bonchev–Trinajstić information content (AvgIpc) is 2.68. The molecule has 2 aromatic carbocycles. The fourth-order valence-electron chi connectivity index (χ4n) is 4.03. The first-order valence-corrected chi connectivity index (χ1v) is 11.7. The maximum absolute atomic E-state index is 14.0. The largest absolute Gasteiger partial charge is 0.311 e. The van der Waals surface area contributed by atoms with Crippen molar-refractivity contribution in [3.8, 4) is 0 Å². The molecule has 4 atom stereocenters. The molecule has 0 radical (unpaired) electrons. The summed E-state index contributed by atoms with van der Waals surface area (Å²) >= 11 is 0. The van der Waals surface area contributed by atoms with Gasteiger partial charge in [-0.2, -0.15) is 0 Å². The molecule has 0 amide bonds. The predicted octanol–water partition coefficient (Wildman–Crippen LogP) is 5.77. The maximum atomic E-state index is 14.0. The van der Waals surface area contributed by atoms with Crippen molar-refractivity contribution < 1.29 is 9.09 Å². The van der Waals surface area contributed by atoms with Gasteiger partial charge in [0.25, 0.3) is 7.52 Å². The molecular formula is C23H32NO2P. The van der Waals surface area contributed by atoms with Crippen LogP contribution in [0.1, 0.15) is 45.6 Å². The zero-order chi connectivity index (χ0) is 19.3. The second kappa shape index (κ2) is 9.19. The summed E-state index contributed by atoms with van der Waals surface area (Å²) in [6.45, 7) is 7.31. The highest BCUT2D eigenvalue weighted by molar-refractivity contribution is 7.65. The van der Waals surface area contributed by atoms with Crippen LogP contribution in [0.3, 0.4) is 0 Å². The summed E-state index contributed by atoms with van der Waals surface area (Å²) in [6, 6.07) is 19.7. The summed E-state index contributed by atoms with van der Waals surface area (Å²) in [7, 11) is -3.16. The van der Waals surface area contributed by atoms with E-state index >= 15 is 0 Å². The summed E-state index contributed by atoms with van der Waals surface area (Å²) in [6.07, 6.45) is 3.39. The third kappa shape index (κ3) is 5.31. The topological polar surface area (TPSA) is 38.3 Å². The van der Waals surface area contributed by atoms with Gasteiger partial charge in [-0.1, -0.05) is 75.7 Å². The van der Waals surface area contributed by atoms with Gasteiger partial charge in [-0.05, 0) is 48.3 Å². The molecule has 1 N–H and O–H groups in total. The molecule has 3 nitrogen and oxygen atoms in total. The summed E-state index contributed by atoms with van der Waals surface area (Å²) in [5.74, 6) is 1.60. The lowest BCUT2D eigenvalue weighted by Gasteiger charge is -2.39. The lowest BCUT2D eigenvalue weighted by atomic mass is 9.75. The van der Waals surface area contributed by atoms with Crippen LogP contribution in [0.15, 0.2) is 60.7 Å². The van der Waals surface area contributed by atoms with Crippen molar-refractivity contribution in [2.75, 3.05) is 0 Å². The molecular weight excluding hydrogens is 353 g/mol. The molecule has 27 heavy (non-hydrogen) atoms. The first-order chi connectivity index (χ1) is 13.0. The van der Waals surface area contributed by atoms with E-state index in [1.807, 2.05) is 60.7 Å². The van der Waals surface area contributed by atoms with Crippen LogP contribution in [-0.4, -0.2) is 6.10 Å². The number of nitrogens with one attached hydrogen (secondary N) is 1. The molecule has 146 valence electrons. The van der Waals surface area contributed by atoms with Crippen molar-refractivity contribution in [1.29, 1.82) is 0 Å². The lowest BCUT2D eigenvalue weighted by Crippen LogP contribution is -2.36. The highest BCUT2D eigenvalue weighted by Gasteiger charge is 2.37. The number of benzene rings is 2. The van der Waals surface area contributed by atoms with Gasteiger partial charge in [-0.3, -0.25) is 4.57 Å². The van der Waals surface area contributed by atoms with E-state index in [-0.39, 0.29) is 6.10 Å². The Labute approximate surface area is 164 Å². The Bertz CT molecular complexity index is 747. The smallest absolute Gasteiger partial charge is 0.300 e. The Kier molecular flexibility index (Phi) is 6.92. The van der Waals surface area contributed by atoms with E-state index in [2.05, 4.69) is 25.9 Å². The molecule has 4 heteroatoms. The molecule has 1 aliphatic rings. The van der Waals surface area contributed by atoms with Gasteiger partial charge in [0.2, 0.25) is 0 Å². The van der Waals surface area contributed by atoms with Gasteiger partial charge >= 0.3 is 0 Å². The Balaban J connectivity index is 1.84. The first kappa shape index (κ1) is 20.3. The molecule has 0 aromatic heterocycles. The summed E-state index contributed by atoms with van der Waals surface area (Å²) < 4.78 is 20.5. The summed E-state index contributed by atoms with van der Waals surface area (Å²) in [5.41, 5.74) is 1.11. The summed E-state index contributed by atoms with van der Waals surface area (Å²) in [5, 5.41) is 4.04. The van der Waals surface area contributed by atoms with Crippen LogP contribution >= 0.6 is 7.52 Å². The Morgan fingerprint density at radius 1 is 1.04 bits per heavy atom. The van der Waals surface area contributed by atoms with Crippen molar-refractivity contribution in [2.45, 2.75) is 52.7 Å². The monoisotopic (exact) mass is 385 g/mol. The fourth-order valence-corrected chi connectivity index (χ4v) is 5.99. The minimum Gasteiger partial charge on any atom is -0.311 e. The lowest BCUT2D eigenvalue weighted by molar-refractivity contribution is 0.0483. The molecule has 0 spiro atoms. The maximum Gasteiger partial charge on any atom is 0.300 e. The van der Waals surface area contributed by atoms with Crippen molar-refractivity contribution in [3.63, 3.8) is 0 Å². The Hall–Kier alpha value is -1.41. The molecule has 2 aromatic rings. The van der Waals surface area contributed by atoms with Crippen LogP contribution in [0.2, 0.25) is 0 Å². The predicted molar refractivity (Wildman–Crippen MR) is 113 cm³/mol. The second-order valence-electron chi connectivity index (χ2n) is 8.18. The van der Waals surface area contributed by atoms with Gasteiger partial charge in [-0.25, -0.2) is 5.09 Å². The van der Waals surface area contributed by atoms with E-state index in [1.165, 1.54) is 6.42 Å². The fraction of sp³-hybridized carbons (Fsp3) is 0.478. The van der Waals surface area contributed by atoms with Crippen molar-refractivity contribution in [2.24, 2.45) is 17.8 Å². The van der Waals surface area contributed by atoms with Crippen LogP contribution in [0.4, 0.5) is 0 Å².